The van der Waals surface area contributed by atoms with Crippen LogP contribution in [-0.4, -0.2) is 19.5 Å². The summed E-state index contributed by atoms with van der Waals surface area (Å²) in [6.07, 6.45) is -4.64. The Kier molecular flexibility index (Phi) is 6.07. The van der Waals surface area contributed by atoms with Gasteiger partial charge in [-0.15, -0.1) is 0 Å². The molecule has 120 valence electrons. The molecule has 1 aromatic rings. The second kappa shape index (κ2) is 7.15. The number of anilines is 2. The molecule has 3 N–H and O–H groups in total. The van der Waals surface area contributed by atoms with E-state index in [1.165, 1.54) is 6.07 Å². The molecule has 0 aromatic heterocycles. The van der Waals surface area contributed by atoms with Crippen LogP contribution < -0.4 is 11.1 Å². The van der Waals surface area contributed by atoms with E-state index < -0.39 is 19.3 Å². The number of rotatable bonds is 7. The van der Waals surface area contributed by atoms with Gasteiger partial charge in [0, 0.05) is 0 Å². The monoisotopic (exact) mass is 326 g/mol. The topological polar surface area (TPSA) is 73.6 Å². The lowest BCUT2D eigenvalue weighted by atomic mass is 10.1. The van der Waals surface area contributed by atoms with Crippen LogP contribution in [0.25, 0.3) is 0 Å². The zero-order valence-electron chi connectivity index (χ0n) is 11.7. The van der Waals surface area contributed by atoms with Crippen LogP contribution in [0.1, 0.15) is 19.4 Å². The maximum atomic E-state index is 12.5. The molecule has 0 unspecified atom stereocenters. The Balaban J connectivity index is 2.82. The van der Waals surface area contributed by atoms with Crippen molar-refractivity contribution in [1.29, 1.82) is 0 Å². The Morgan fingerprint density at radius 1 is 1.24 bits per heavy atom. The molecule has 0 saturated heterocycles. The average molecular weight is 326 g/mol. The maximum Gasteiger partial charge on any atom is 0.416 e. The summed E-state index contributed by atoms with van der Waals surface area (Å²) in [4.78, 5) is 0. The summed E-state index contributed by atoms with van der Waals surface area (Å²) in [6, 6.07) is 2.89. The minimum Gasteiger partial charge on any atom is -0.397 e. The molecule has 0 saturated carbocycles. The van der Waals surface area contributed by atoms with E-state index in [-0.39, 0.29) is 30.9 Å². The first kappa shape index (κ1) is 17.8. The summed E-state index contributed by atoms with van der Waals surface area (Å²) in [5.74, 6) is 0. The molecule has 5 nitrogen and oxygen atoms in total. The van der Waals surface area contributed by atoms with E-state index in [2.05, 4.69) is 5.32 Å². The van der Waals surface area contributed by atoms with Crippen molar-refractivity contribution in [3.05, 3.63) is 23.8 Å². The van der Waals surface area contributed by atoms with E-state index in [1.807, 2.05) is 0 Å². The third-order valence-electron chi connectivity index (χ3n) is 2.49. The number of hydrogen-bond donors (Lipinski definition) is 2. The van der Waals surface area contributed by atoms with E-state index in [4.69, 9.17) is 14.8 Å². The van der Waals surface area contributed by atoms with Gasteiger partial charge in [-0.3, -0.25) is 4.57 Å². The van der Waals surface area contributed by atoms with Crippen LogP contribution >= 0.6 is 7.60 Å². The molecule has 0 aliphatic heterocycles. The molecule has 1 rings (SSSR count). The highest BCUT2D eigenvalue weighted by Gasteiger charge is 2.31. The van der Waals surface area contributed by atoms with Gasteiger partial charge in [-0.2, -0.15) is 13.2 Å². The Morgan fingerprint density at radius 3 is 2.24 bits per heavy atom. The van der Waals surface area contributed by atoms with Crippen LogP contribution in [-0.2, 0) is 19.8 Å². The highest BCUT2D eigenvalue weighted by atomic mass is 31.2. The molecule has 0 fully saturated rings. The van der Waals surface area contributed by atoms with E-state index >= 15 is 0 Å². The van der Waals surface area contributed by atoms with Crippen molar-refractivity contribution in [2.75, 3.05) is 30.6 Å². The summed E-state index contributed by atoms with van der Waals surface area (Å²) in [7, 11) is -3.34. The average Bonchev–Trinajstić information content (AvgIpc) is 2.36. The van der Waals surface area contributed by atoms with Gasteiger partial charge in [-0.25, -0.2) is 0 Å². The van der Waals surface area contributed by atoms with Gasteiger partial charge in [-0.1, -0.05) is 0 Å². The van der Waals surface area contributed by atoms with Gasteiger partial charge in [0.25, 0.3) is 0 Å². The van der Waals surface area contributed by atoms with Crippen molar-refractivity contribution in [3.63, 3.8) is 0 Å². The molecule has 1 aromatic carbocycles. The number of nitrogens with two attached hydrogens (primary N) is 1. The normalized spacial score (nSPS) is 12.4. The van der Waals surface area contributed by atoms with Gasteiger partial charge in [0.2, 0.25) is 0 Å². The predicted octanol–water partition coefficient (Wildman–Crippen LogP) is 3.92. The number of alkyl halides is 3. The third kappa shape index (κ3) is 5.22. The molecule has 0 radical (unpaired) electrons. The first-order valence-corrected chi connectivity index (χ1v) is 8.03. The largest absolute Gasteiger partial charge is 0.416 e. The quantitative estimate of drug-likeness (QED) is 0.587. The first-order valence-electron chi connectivity index (χ1n) is 6.30. The van der Waals surface area contributed by atoms with Gasteiger partial charge in [-0.05, 0) is 32.0 Å². The highest BCUT2D eigenvalue weighted by molar-refractivity contribution is 7.53. The molecule has 0 spiro atoms. The fraction of sp³-hybridized carbons (Fsp3) is 0.500. The third-order valence-corrected chi connectivity index (χ3v) is 4.34. The van der Waals surface area contributed by atoms with Gasteiger partial charge in [0.05, 0.1) is 30.2 Å². The smallest absolute Gasteiger partial charge is 0.397 e. The molecule has 0 aliphatic rings. The minimum absolute atomic E-state index is 0.0932. The van der Waals surface area contributed by atoms with E-state index in [1.54, 1.807) is 13.8 Å². The number of benzene rings is 1. The number of nitrogen functional groups attached to an aromatic ring is 1. The molecule has 0 amide bonds. The maximum absolute atomic E-state index is 12.5. The summed E-state index contributed by atoms with van der Waals surface area (Å²) in [5.41, 5.74) is 4.86. The Bertz CT molecular complexity index is 513. The van der Waals surface area contributed by atoms with Gasteiger partial charge in [0.15, 0.2) is 0 Å². The lowest BCUT2D eigenvalue weighted by molar-refractivity contribution is -0.137. The van der Waals surface area contributed by atoms with Crippen molar-refractivity contribution in [1.82, 2.24) is 0 Å². The van der Waals surface area contributed by atoms with Crippen LogP contribution in [0.2, 0.25) is 0 Å². The Labute approximate surface area is 121 Å². The predicted molar refractivity (Wildman–Crippen MR) is 75.2 cm³/mol. The first-order chi connectivity index (χ1) is 9.72. The van der Waals surface area contributed by atoms with Gasteiger partial charge >= 0.3 is 13.8 Å². The zero-order chi connectivity index (χ0) is 16.1. The zero-order valence-corrected chi connectivity index (χ0v) is 12.6. The van der Waals surface area contributed by atoms with Crippen LogP contribution in [0.5, 0.6) is 0 Å². The van der Waals surface area contributed by atoms with E-state index in [9.17, 15) is 17.7 Å². The SMILES string of the molecule is CCOP(=O)(CNc1ccc(C(F)(F)F)cc1N)OCC. The fourth-order valence-corrected chi connectivity index (χ4v) is 3.01. The molecule has 0 bridgehead atoms. The molecular formula is C12H18F3N2O3P. The highest BCUT2D eigenvalue weighted by Crippen LogP contribution is 2.47. The molecule has 0 atom stereocenters. The number of hydrogen-bond acceptors (Lipinski definition) is 5. The lowest BCUT2D eigenvalue weighted by Gasteiger charge is -2.19. The summed E-state index contributed by atoms with van der Waals surface area (Å²) in [5, 5.41) is 2.70. The second-order valence-corrected chi connectivity index (χ2v) is 6.14. The summed E-state index contributed by atoms with van der Waals surface area (Å²) in [6.45, 7) is 3.72. The molecule has 0 heterocycles. The summed E-state index contributed by atoms with van der Waals surface area (Å²) < 4.78 is 59.9. The summed E-state index contributed by atoms with van der Waals surface area (Å²) >= 11 is 0. The standard InChI is InChI=1S/C12H18F3N2O3P/c1-3-19-21(18,20-4-2)8-17-11-6-5-9(7-10(11)16)12(13,14)15/h5-7,17H,3-4,8,16H2,1-2H3. The van der Waals surface area contributed by atoms with Gasteiger partial charge < -0.3 is 20.1 Å². The van der Waals surface area contributed by atoms with Crippen molar-refractivity contribution in [2.24, 2.45) is 0 Å². The fourth-order valence-electron chi connectivity index (χ4n) is 1.60. The van der Waals surface area contributed by atoms with Crippen molar-refractivity contribution in [3.8, 4) is 0 Å². The number of halogens is 3. The molecule has 21 heavy (non-hydrogen) atoms. The molecule has 9 heteroatoms. The van der Waals surface area contributed by atoms with Gasteiger partial charge in [0.1, 0.15) is 6.29 Å². The molecular weight excluding hydrogens is 308 g/mol. The van der Waals surface area contributed by atoms with E-state index in [0.717, 1.165) is 12.1 Å². The minimum atomic E-state index is -4.46. The molecule has 0 aliphatic carbocycles. The van der Waals surface area contributed by atoms with Crippen LogP contribution in [0.4, 0.5) is 24.5 Å². The Morgan fingerprint density at radius 2 is 1.81 bits per heavy atom. The van der Waals surface area contributed by atoms with Crippen LogP contribution in [0, 0.1) is 0 Å². The number of nitrogens with one attached hydrogen (secondary N) is 1. The van der Waals surface area contributed by atoms with Crippen LogP contribution in [0.3, 0.4) is 0 Å². The lowest BCUT2D eigenvalue weighted by Crippen LogP contribution is -2.11. The van der Waals surface area contributed by atoms with Crippen molar-refractivity contribution >= 4 is 19.0 Å². The van der Waals surface area contributed by atoms with Crippen LogP contribution in [0.15, 0.2) is 18.2 Å². The van der Waals surface area contributed by atoms with E-state index in [0.29, 0.717) is 0 Å². The second-order valence-electron chi connectivity index (χ2n) is 4.08. The van der Waals surface area contributed by atoms with Crippen molar-refractivity contribution < 1.29 is 26.8 Å². The van der Waals surface area contributed by atoms with Crippen molar-refractivity contribution in [2.45, 2.75) is 20.0 Å². The Hall–Kier alpha value is -1.24.